The van der Waals surface area contributed by atoms with Crippen molar-refractivity contribution in [3.8, 4) is 0 Å². The van der Waals surface area contributed by atoms with Crippen molar-refractivity contribution in [1.82, 2.24) is 0 Å². The molecule has 0 aliphatic carbocycles. The average Bonchev–Trinajstić information content (AvgIpc) is 2.39. The van der Waals surface area contributed by atoms with Gasteiger partial charge in [-0.3, -0.25) is 0 Å². The van der Waals surface area contributed by atoms with Crippen molar-refractivity contribution in [1.29, 1.82) is 0 Å². The fraction of sp³-hybridized carbons (Fsp3) is 0.909. The molecule has 0 bridgehead atoms. The fourth-order valence-electron chi connectivity index (χ4n) is 1.10. The van der Waals surface area contributed by atoms with Crippen LogP contribution in [0, 0.1) is 6.65 Å². The number of hydrogen-bond acceptors (Lipinski definition) is 5. The van der Waals surface area contributed by atoms with Crippen LogP contribution in [0.3, 0.4) is 0 Å². The second-order valence-electron chi connectivity index (χ2n) is 3.06. The molecule has 1 aliphatic rings. The van der Waals surface area contributed by atoms with E-state index >= 15 is 0 Å². The largest absolute Gasteiger partial charge is 1.00 e. The van der Waals surface area contributed by atoms with Gasteiger partial charge >= 0.3 is 40.9 Å². The summed E-state index contributed by atoms with van der Waals surface area (Å²) in [6.45, 7) is 10.6. The molecule has 9 heteroatoms. The van der Waals surface area contributed by atoms with Gasteiger partial charge in [0.05, 0.1) is 66.1 Å². The topological polar surface area (TPSA) is 66.1 Å². The smallest absolute Gasteiger partial charge is 0 e. The zero-order valence-corrected chi connectivity index (χ0v) is 17.4. The standard InChI is InChI=1S/C10H20O5.CO.BrH.Mo.Na/c1-2-12-5-6-14-9-10-15-8-7-13-4-3-11-1;1-2;;;/h1-10H2;;1H;;/q;;;;+1/p-1. The molecule has 114 valence electrons. The van der Waals surface area contributed by atoms with E-state index in [0.29, 0.717) is 66.1 Å². The molecular formula is C11H20BrMoNaO6. The Hall–Kier alpha value is 1.71. The van der Waals surface area contributed by atoms with Crippen molar-refractivity contribution in [2.75, 3.05) is 66.1 Å². The van der Waals surface area contributed by atoms with Gasteiger partial charge in [0.15, 0.2) is 0 Å². The van der Waals surface area contributed by atoms with Crippen molar-refractivity contribution < 1.29 is 95.9 Å². The van der Waals surface area contributed by atoms with Gasteiger partial charge in [0, 0.05) is 21.1 Å². The van der Waals surface area contributed by atoms with Gasteiger partial charge in [0.1, 0.15) is 0 Å². The van der Waals surface area contributed by atoms with Gasteiger partial charge in [0.25, 0.3) is 0 Å². The van der Waals surface area contributed by atoms with E-state index in [1.807, 2.05) is 0 Å². The number of hydrogen-bond donors (Lipinski definition) is 0. The predicted octanol–water partition coefficient (Wildman–Crippen LogP) is -5.95. The maximum atomic E-state index is 7.50. The zero-order chi connectivity index (χ0) is 12.6. The first-order valence-electron chi connectivity index (χ1n) is 5.59. The molecule has 0 aromatic rings. The molecular weight excluding hydrogens is 427 g/mol. The summed E-state index contributed by atoms with van der Waals surface area (Å²) in [4.78, 5) is 0. The average molecular weight is 447 g/mol. The van der Waals surface area contributed by atoms with Crippen LogP contribution in [0.4, 0.5) is 0 Å². The van der Waals surface area contributed by atoms with Gasteiger partial charge in [-0.25, -0.2) is 0 Å². The third-order valence-corrected chi connectivity index (χ3v) is 1.86. The second-order valence-corrected chi connectivity index (χ2v) is 3.06. The van der Waals surface area contributed by atoms with E-state index in [9.17, 15) is 0 Å². The minimum Gasteiger partial charge on any atom is 0 e. The molecule has 1 aliphatic heterocycles. The number of ether oxygens (including phenoxy) is 5. The Morgan fingerprint density at radius 2 is 0.600 bits per heavy atom. The van der Waals surface area contributed by atoms with E-state index in [1.54, 1.807) is 0 Å². The number of rotatable bonds is 0. The zero-order valence-electron chi connectivity index (χ0n) is 11.8. The van der Waals surface area contributed by atoms with Crippen molar-refractivity contribution in [2.24, 2.45) is 0 Å². The van der Waals surface area contributed by atoms with Crippen LogP contribution in [0.25, 0.3) is 0 Å². The summed E-state index contributed by atoms with van der Waals surface area (Å²) in [5.74, 6) is 0. The van der Waals surface area contributed by atoms with Crippen LogP contribution in [0.2, 0.25) is 0 Å². The summed E-state index contributed by atoms with van der Waals surface area (Å²) in [5.41, 5.74) is 0. The summed E-state index contributed by atoms with van der Waals surface area (Å²) >= 11 is 0. The van der Waals surface area contributed by atoms with Crippen LogP contribution in [-0.4, -0.2) is 66.1 Å². The first kappa shape index (κ1) is 29.7. The molecule has 6 nitrogen and oxygen atoms in total. The Balaban J connectivity index is -0.000000244. The molecule has 0 aromatic carbocycles. The van der Waals surface area contributed by atoms with E-state index in [0.717, 1.165) is 0 Å². The summed E-state index contributed by atoms with van der Waals surface area (Å²) in [6, 6.07) is 0. The summed E-state index contributed by atoms with van der Waals surface area (Å²) < 4.78 is 33.9. The molecule has 1 rings (SSSR count). The normalized spacial score (nSPS) is 18.1. The summed E-state index contributed by atoms with van der Waals surface area (Å²) in [6.07, 6.45) is 0. The summed E-state index contributed by atoms with van der Waals surface area (Å²) in [7, 11) is 0. The molecule has 0 aromatic heterocycles. The van der Waals surface area contributed by atoms with Crippen LogP contribution in [-0.2, 0) is 49.4 Å². The van der Waals surface area contributed by atoms with E-state index < -0.39 is 0 Å². The van der Waals surface area contributed by atoms with Crippen LogP contribution in [0.1, 0.15) is 0 Å². The maximum Gasteiger partial charge on any atom is 1.00 e. The molecule has 0 atom stereocenters. The van der Waals surface area contributed by atoms with Crippen LogP contribution in [0.5, 0.6) is 0 Å². The first-order valence-corrected chi connectivity index (χ1v) is 5.59. The quantitative estimate of drug-likeness (QED) is 0.210. The van der Waals surface area contributed by atoms with Gasteiger partial charge in [-0.05, 0) is 0 Å². The maximum absolute atomic E-state index is 7.50. The molecule has 20 heavy (non-hydrogen) atoms. The second kappa shape index (κ2) is 28.8. The van der Waals surface area contributed by atoms with Crippen molar-refractivity contribution in [3.63, 3.8) is 0 Å². The van der Waals surface area contributed by atoms with Crippen molar-refractivity contribution in [3.05, 3.63) is 6.65 Å². The van der Waals surface area contributed by atoms with E-state index in [-0.39, 0.29) is 67.6 Å². The van der Waals surface area contributed by atoms with Gasteiger partial charge in [-0.2, -0.15) is 0 Å². The van der Waals surface area contributed by atoms with Crippen molar-refractivity contribution in [2.45, 2.75) is 0 Å². The fourth-order valence-corrected chi connectivity index (χ4v) is 1.10. The van der Waals surface area contributed by atoms with Crippen LogP contribution >= 0.6 is 0 Å². The van der Waals surface area contributed by atoms with Gasteiger partial charge in [0.2, 0.25) is 0 Å². The molecule has 1 fully saturated rings. The van der Waals surface area contributed by atoms with Gasteiger partial charge in [-0.15, -0.1) is 0 Å². The van der Waals surface area contributed by atoms with E-state index in [2.05, 4.69) is 6.65 Å². The minimum atomic E-state index is 0. The molecule has 0 unspecified atom stereocenters. The Bertz CT molecular complexity index is 120. The number of halogens is 1. The molecule has 1 heterocycles. The predicted molar refractivity (Wildman–Crippen MR) is 58.0 cm³/mol. The van der Waals surface area contributed by atoms with Gasteiger partial charge < -0.3 is 40.7 Å². The summed E-state index contributed by atoms with van der Waals surface area (Å²) in [5, 5.41) is 0. The molecule has 0 N–H and O–H groups in total. The minimum absolute atomic E-state index is 0. The molecule has 0 amide bonds. The van der Waals surface area contributed by atoms with Crippen LogP contribution < -0.4 is 46.5 Å². The molecule has 1 saturated heterocycles. The molecule has 0 spiro atoms. The Kier molecular flexibility index (Phi) is 42.8. The monoisotopic (exact) mass is 448 g/mol. The third-order valence-electron chi connectivity index (χ3n) is 1.86. The SMILES string of the molecule is C1COCCOCCOCCOCCO1.[Br-].[C-]#[O+].[Mo].[Na+]. The van der Waals surface area contributed by atoms with E-state index in [1.165, 1.54) is 0 Å². The van der Waals surface area contributed by atoms with Gasteiger partial charge in [-0.1, -0.05) is 0 Å². The Morgan fingerprint density at radius 1 is 0.500 bits per heavy atom. The van der Waals surface area contributed by atoms with Crippen molar-refractivity contribution >= 4 is 0 Å². The van der Waals surface area contributed by atoms with Crippen LogP contribution in [0.15, 0.2) is 0 Å². The first-order chi connectivity index (χ1) is 8.50. The molecule has 0 radical (unpaired) electrons. The Morgan fingerprint density at radius 3 is 0.700 bits per heavy atom. The van der Waals surface area contributed by atoms with E-state index in [4.69, 9.17) is 28.3 Å². The Labute approximate surface area is 167 Å². The molecule has 0 saturated carbocycles. The third kappa shape index (κ3) is 24.7.